The van der Waals surface area contributed by atoms with Crippen LogP contribution in [0.15, 0.2) is 18.2 Å². The van der Waals surface area contributed by atoms with E-state index in [4.69, 9.17) is 4.43 Å². The van der Waals surface area contributed by atoms with Crippen molar-refractivity contribution in [3.05, 3.63) is 29.3 Å². The summed E-state index contributed by atoms with van der Waals surface area (Å²) in [7, 11) is 0.116. The van der Waals surface area contributed by atoms with Crippen LogP contribution in [0.1, 0.15) is 57.6 Å². The van der Waals surface area contributed by atoms with Gasteiger partial charge in [-0.25, -0.2) is 0 Å². The van der Waals surface area contributed by atoms with E-state index in [0.29, 0.717) is 11.8 Å². The molecule has 2 nitrogen and oxygen atoms in total. The van der Waals surface area contributed by atoms with Crippen molar-refractivity contribution in [1.82, 2.24) is 0 Å². The van der Waals surface area contributed by atoms with Gasteiger partial charge in [0.25, 0.3) is 5.97 Å². The second-order valence-corrected chi connectivity index (χ2v) is 5.76. The highest BCUT2D eigenvalue weighted by Gasteiger charge is 2.16. The number of hydrogen-bond acceptors (Lipinski definition) is 2. The largest absolute Gasteiger partial charge is 0.511 e. The molecule has 0 aliphatic carbocycles. The van der Waals surface area contributed by atoms with Crippen LogP contribution in [-0.2, 0) is 9.22 Å². The van der Waals surface area contributed by atoms with Crippen LogP contribution in [0.4, 0.5) is 0 Å². The molecule has 0 aliphatic rings. The van der Waals surface area contributed by atoms with Crippen molar-refractivity contribution in [3.63, 3.8) is 0 Å². The molecular formula is C14H20O2Si. The molecule has 0 aliphatic heterocycles. The van der Waals surface area contributed by atoms with E-state index in [1.54, 1.807) is 0 Å². The number of rotatable bonds is 4. The SMILES string of the molecule is CC(=O)O[Si]c1cccc(C(C)C)c1C(C)C. The molecule has 0 spiro atoms. The zero-order chi connectivity index (χ0) is 13.0. The fourth-order valence-electron chi connectivity index (χ4n) is 1.95. The van der Waals surface area contributed by atoms with Crippen LogP contribution in [0.3, 0.4) is 0 Å². The molecule has 0 unspecified atom stereocenters. The van der Waals surface area contributed by atoms with Gasteiger partial charge in [-0.05, 0) is 28.1 Å². The van der Waals surface area contributed by atoms with Crippen LogP contribution >= 0.6 is 0 Å². The Morgan fingerprint density at radius 3 is 2.29 bits per heavy atom. The number of benzene rings is 1. The topological polar surface area (TPSA) is 26.3 Å². The Balaban J connectivity index is 3.11. The molecule has 0 N–H and O–H groups in total. The highest BCUT2D eigenvalue weighted by molar-refractivity contribution is 6.49. The summed E-state index contributed by atoms with van der Waals surface area (Å²) in [5, 5.41) is 1.15. The molecule has 92 valence electrons. The first-order chi connectivity index (χ1) is 7.93. The van der Waals surface area contributed by atoms with E-state index < -0.39 is 0 Å². The maximum absolute atomic E-state index is 10.9. The fourth-order valence-corrected chi connectivity index (χ4v) is 2.91. The molecule has 3 heteroatoms. The third-order valence-corrected chi connectivity index (χ3v) is 3.69. The van der Waals surface area contributed by atoms with Gasteiger partial charge in [0.15, 0.2) is 0 Å². The highest BCUT2D eigenvalue weighted by atomic mass is 28.2. The molecule has 1 rings (SSSR count). The quantitative estimate of drug-likeness (QED) is 0.766. The van der Waals surface area contributed by atoms with Crippen molar-refractivity contribution in [2.24, 2.45) is 0 Å². The molecule has 0 saturated carbocycles. The summed E-state index contributed by atoms with van der Waals surface area (Å²) >= 11 is 0. The van der Waals surface area contributed by atoms with Gasteiger partial charge in [0.05, 0.1) is 0 Å². The molecule has 2 radical (unpaired) electrons. The predicted molar refractivity (Wildman–Crippen MR) is 71.8 cm³/mol. The molecule has 0 aromatic heterocycles. The van der Waals surface area contributed by atoms with E-state index in [0.717, 1.165) is 5.19 Å². The van der Waals surface area contributed by atoms with Crippen LogP contribution in [0.2, 0.25) is 0 Å². The number of hydrogen-bond donors (Lipinski definition) is 0. The van der Waals surface area contributed by atoms with E-state index in [-0.39, 0.29) is 15.7 Å². The summed E-state index contributed by atoms with van der Waals surface area (Å²) in [5.74, 6) is 0.731. The monoisotopic (exact) mass is 248 g/mol. The maximum atomic E-state index is 10.9. The van der Waals surface area contributed by atoms with Gasteiger partial charge in [0, 0.05) is 6.92 Å². The van der Waals surface area contributed by atoms with E-state index in [1.165, 1.54) is 18.1 Å². The number of carbonyl (C=O) groups excluding carboxylic acids is 1. The van der Waals surface area contributed by atoms with Crippen molar-refractivity contribution >= 4 is 20.9 Å². The van der Waals surface area contributed by atoms with Crippen molar-refractivity contribution < 1.29 is 9.22 Å². The van der Waals surface area contributed by atoms with Crippen molar-refractivity contribution in [3.8, 4) is 0 Å². The van der Waals surface area contributed by atoms with Crippen LogP contribution in [0, 0.1) is 0 Å². The van der Waals surface area contributed by atoms with Crippen molar-refractivity contribution in [1.29, 1.82) is 0 Å². The molecule has 17 heavy (non-hydrogen) atoms. The summed E-state index contributed by atoms with van der Waals surface area (Å²) in [6, 6.07) is 6.28. The van der Waals surface area contributed by atoms with Gasteiger partial charge >= 0.3 is 9.76 Å². The van der Waals surface area contributed by atoms with Gasteiger partial charge in [0.2, 0.25) is 0 Å². The first-order valence-electron chi connectivity index (χ1n) is 5.99. The molecule has 1 aromatic carbocycles. The molecule has 0 bridgehead atoms. The summed E-state index contributed by atoms with van der Waals surface area (Å²) in [6.07, 6.45) is 0. The Labute approximate surface area is 106 Å². The standard InChI is InChI=1S/C14H20O2Si/c1-9(2)12-7-6-8-13(14(12)10(3)4)17-16-11(5)15/h6-10H,1-5H3. The van der Waals surface area contributed by atoms with E-state index in [2.05, 4.69) is 39.8 Å². The Morgan fingerprint density at radius 1 is 1.18 bits per heavy atom. The number of carbonyl (C=O) groups is 1. The third kappa shape index (κ3) is 3.70. The normalized spacial score (nSPS) is 11.0. The maximum Gasteiger partial charge on any atom is 0.355 e. The summed E-state index contributed by atoms with van der Waals surface area (Å²) < 4.78 is 5.14. The smallest absolute Gasteiger partial charge is 0.355 e. The molecular weight excluding hydrogens is 228 g/mol. The second-order valence-electron chi connectivity index (χ2n) is 4.81. The first-order valence-corrected chi connectivity index (χ1v) is 6.90. The van der Waals surface area contributed by atoms with Crippen molar-refractivity contribution in [2.75, 3.05) is 0 Å². The first kappa shape index (κ1) is 14.0. The molecule has 0 amide bonds. The van der Waals surface area contributed by atoms with E-state index in [9.17, 15) is 4.79 Å². The lowest BCUT2D eigenvalue weighted by Gasteiger charge is -2.19. The molecule has 0 heterocycles. The van der Waals surface area contributed by atoms with E-state index in [1.807, 2.05) is 6.07 Å². The zero-order valence-corrected chi connectivity index (χ0v) is 12.2. The van der Waals surface area contributed by atoms with Crippen molar-refractivity contribution in [2.45, 2.75) is 46.5 Å². The predicted octanol–water partition coefficient (Wildman–Crippen LogP) is 2.74. The van der Waals surface area contributed by atoms with Gasteiger partial charge < -0.3 is 4.43 Å². The average Bonchev–Trinajstić information content (AvgIpc) is 2.25. The second kappa shape index (κ2) is 6.01. The summed E-state index contributed by atoms with van der Waals surface area (Å²) in [5.41, 5.74) is 2.69. The van der Waals surface area contributed by atoms with Gasteiger partial charge in [-0.2, -0.15) is 0 Å². The Hall–Kier alpha value is -1.09. The van der Waals surface area contributed by atoms with Gasteiger partial charge in [-0.15, -0.1) is 0 Å². The highest BCUT2D eigenvalue weighted by Crippen LogP contribution is 2.24. The summed E-state index contributed by atoms with van der Waals surface area (Å²) in [4.78, 5) is 10.9. The molecule has 0 saturated heterocycles. The summed E-state index contributed by atoms with van der Waals surface area (Å²) in [6.45, 7) is 10.2. The Morgan fingerprint density at radius 2 is 1.82 bits per heavy atom. The lowest BCUT2D eigenvalue weighted by molar-refractivity contribution is -0.131. The minimum atomic E-state index is -0.215. The van der Waals surface area contributed by atoms with Crippen LogP contribution in [0.25, 0.3) is 0 Å². The minimum absolute atomic E-state index is 0.116. The lowest BCUT2D eigenvalue weighted by Crippen LogP contribution is -2.26. The lowest BCUT2D eigenvalue weighted by atomic mass is 9.91. The molecule has 1 aromatic rings. The van der Waals surface area contributed by atoms with Crippen LogP contribution < -0.4 is 5.19 Å². The minimum Gasteiger partial charge on any atom is -0.511 e. The van der Waals surface area contributed by atoms with Gasteiger partial charge in [-0.3, -0.25) is 4.79 Å². The van der Waals surface area contributed by atoms with Gasteiger partial charge in [-0.1, -0.05) is 45.9 Å². The van der Waals surface area contributed by atoms with Crippen LogP contribution in [0.5, 0.6) is 0 Å². The third-order valence-electron chi connectivity index (χ3n) is 2.64. The van der Waals surface area contributed by atoms with Crippen LogP contribution in [-0.4, -0.2) is 15.7 Å². The molecule has 0 atom stereocenters. The fraction of sp³-hybridized carbons (Fsp3) is 0.500. The zero-order valence-electron chi connectivity index (χ0n) is 11.2. The Bertz CT molecular complexity index is 397. The Kier molecular flexibility index (Phi) is 4.94. The van der Waals surface area contributed by atoms with Gasteiger partial charge in [0.1, 0.15) is 0 Å². The molecule has 0 fully saturated rings. The average molecular weight is 248 g/mol. The van der Waals surface area contributed by atoms with E-state index >= 15 is 0 Å².